The van der Waals surface area contributed by atoms with Crippen molar-refractivity contribution in [3.05, 3.63) is 35.1 Å². The predicted octanol–water partition coefficient (Wildman–Crippen LogP) is 2.44. The Morgan fingerprint density at radius 2 is 2.19 bits per heavy atom. The lowest BCUT2D eigenvalue weighted by molar-refractivity contribution is 0.0926. The summed E-state index contributed by atoms with van der Waals surface area (Å²) in [5.74, 6) is 5.06. The van der Waals surface area contributed by atoms with E-state index in [0.717, 1.165) is 12.8 Å². The van der Waals surface area contributed by atoms with Crippen LogP contribution in [0.25, 0.3) is 0 Å². The largest absolute Gasteiger partial charge is 0.349 e. The van der Waals surface area contributed by atoms with Gasteiger partial charge in [0.05, 0.1) is 12.1 Å². The van der Waals surface area contributed by atoms with Crippen molar-refractivity contribution in [3.8, 4) is 11.8 Å². The van der Waals surface area contributed by atoms with Gasteiger partial charge in [-0.05, 0) is 43.9 Å². The van der Waals surface area contributed by atoms with Crippen LogP contribution < -0.4 is 11.1 Å². The summed E-state index contributed by atoms with van der Waals surface area (Å²) in [5.41, 5.74) is 5.85. The molecule has 0 bridgehead atoms. The van der Waals surface area contributed by atoms with Crippen LogP contribution in [0.1, 0.15) is 48.5 Å². The van der Waals surface area contributed by atoms with E-state index in [1.54, 1.807) is 6.07 Å². The van der Waals surface area contributed by atoms with E-state index in [1.165, 1.54) is 25.0 Å². The zero-order valence-electron chi connectivity index (χ0n) is 12.3. The van der Waals surface area contributed by atoms with Gasteiger partial charge in [0.2, 0.25) is 0 Å². The molecular formula is C17H21FN2O. The van der Waals surface area contributed by atoms with E-state index < -0.39 is 5.82 Å². The molecule has 2 rings (SSSR count). The number of nitrogens with two attached hydrogens (primary N) is 1. The van der Waals surface area contributed by atoms with Crippen LogP contribution in [0.3, 0.4) is 0 Å². The van der Waals surface area contributed by atoms with E-state index in [1.807, 2.05) is 6.92 Å². The zero-order valence-corrected chi connectivity index (χ0v) is 12.3. The van der Waals surface area contributed by atoms with Gasteiger partial charge in [-0.2, -0.15) is 0 Å². The summed E-state index contributed by atoms with van der Waals surface area (Å²) in [4.78, 5) is 12.2. The second kappa shape index (κ2) is 7.24. The summed E-state index contributed by atoms with van der Waals surface area (Å²) >= 11 is 0. The number of nitrogens with one attached hydrogen (secondary N) is 1. The molecule has 1 fully saturated rings. The number of rotatable bonds is 3. The third-order valence-corrected chi connectivity index (χ3v) is 4.02. The predicted molar refractivity (Wildman–Crippen MR) is 81.2 cm³/mol. The average molecular weight is 288 g/mol. The highest BCUT2D eigenvalue weighted by atomic mass is 19.1. The Bertz CT molecular complexity index is 568. The normalized spacial score (nSPS) is 16.1. The van der Waals surface area contributed by atoms with Crippen molar-refractivity contribution in [1.29, 1.82) is 0 Å². The minimum absolute atomic E-state index is 0.125. The van der Waals surface area contributed by atoms with Crippen molar-refractivity contribution in [2.45, 2.75) is 38.6 Å². The molecule has 4 heteroatoms. The number of halogens is 1. The van der Waals surface area contributed by atoms with Crippen LogP contribution in [0.15, 0.2) is 18.2 Å². The van der Waals surface area contributed by atoms with E-state index >= 15 is 0 Å². The maximum absolute atomic E-state index is 13.8. The van der Waals surface area contributed by atoms with Gasteiger partial charge in [-0.25, -0.2) is 4.39 Å². The standard InChI is InChI=1S/C17H21FN2O/c1-12(13-5-2-3-6-13)20-17(21)15-9-8-14(7-4-10-19)16(18)11-15/h8-9,11-13H,2-3,5-6,10,19H2,1H3,(H,20,21). The smallest absolute Gasteiger partial charge is 0.251 e. The van der Waals surface area contributed by atoms with Crippen molar-refractivity contribution >= 4 is 5.91 Å². The quantitative estimate of drug-likeness (QED) is 0.839. The first-order valence-corrected chi connectivity index (χ1v) is 7.41. The third-order valence-electron chi connectivity index (χ3n) is 4.02. The summed E-state index contributed by atoms with van der Waals surface area (Å²) in [6, 6.07) is 4.48. The molecule has 3 nitrogen and oxygen atoms in total. The molecule has 112 valence electrons. The highest BCUT2D eigenvalue weighted by Crippen LogP contribution is 2.27. The van der Waals surface area contributed by atoms with Crippen LogP contribution >= 0.6 is 0 Å². The second-order valence-corrected chi connectivity index (χ2v) is 5.51. The van der Waals surface area contributed by atoms with Crippen molar-refractivity contribution in [3.63, 3.8) is 0 Å². The lowest BCUT2D eigenvalue weighted by atomic mass is 9.99. The van der Waals surface area contributed by atoms with Crippen LogP contribution in [0.5, 0.6) is 0 Å². The van der Waals surface area contributed by atoms with E-state index in [0.29, 0.717) is 11.5 Å². The van der Waals surface area contributed by atoms with E-state index in [2.05, 4.69) is 17.2 Å². The van der Waals surface area contributed by atoms with Gasteiger partial charge >= 0.3 is 0 Å². The fourth-order valence-electron chi connectivity index (χ4n) is 2.77. The summed E-state index contributed by atoms with van der Waals surface area (Å²) in [5, 5.41) is 2.97. The molecule has 1 amide bonds. The number of benzene rings is 1. The monoisotopic (exact) mass is 288 g/mol. The van der Waals surface area contributed by atoms with Gasteiger partial charge in [-0.1, -0.05) is 24.7 Å². The van der Waals surface area contributed by atoms with Gasteiger partial charge < -0.3 is 11.1 Å². The molecule has 3 N–H and O–H groups in total. The molecule has 0 spiro atoms. The van der Waals surface area contributed by atoms with Crippen LogP contribution in [-0.4, -0.2) is 18.5 Å². The van der Waals surface area contributed by atoms with Crippen molar-refractivity contribution in [2.24, 2.45) is 11.7 Å². The van der Waals surface area contributed by atoms with Crippen molar-refractivity contribution in [2.75, 3.05) is 6.54 Å². The molecule has 1 aromatic rings. The van der Waals surface area contributed by atoms with Crippen LogP contribution in [0.4, 0.5) is 4.39 Å². The Kier molecular flexibility index (Phi) is 5.35. The molecule has 1 aromatic carbocycles. The van der Waals surface area contributed by atoms with E-state index in [4.69, 9.17) is 5.73 Å². The first-order chi connectivity index (χ1) is 10.1. The van der Waals surface area contributed by atoms with E-state index in [9.17, 15) is 9.18 Å². The highest BCUT2D eigenvalue weighted by Gasteiger charge is 2.23. The SMILES string of the molecule is CC(NC(=O)c1ccc(C#CCN)c(F)c1)C1CCCC1. The molecule has 1 atom stereocenters. The van der Waals surface area contributed by atoms with Gasteiger partial charge in [0, 0.05) is 11.6 Å². The maximum Gasteiger partial charge on any atom is 0.251 e. The lowest BCUT2D eigenvalue weighted by Crippen LogP contribution is -2.37. The minimum atomic E-state index is -0.489. The number of carbonyl (C=O) groups excluding carboxylic acids is 1. The molecule has 0 saturated heterocycles. The summed E-state index contributed by atoms with van der Waals surface area (Å²) in [6.45, 7) is 2.20. The maximum atomic E-state index is 13.8. The topological polar surface area (TPSA) is 55.1 Å². The molecule has 1 aliphatic carbocycles. The fraction of sp³-hybridized carbons (Fsp3) is 0.471. The lowest BCUT2D eigenvalue weighted by Gasteiger charge is -2.20. The second-order valence-electron chi connectivity index (χ2n) is 5.51. The van der Waals surface area contributed by atoms with Gasteiger partial charge in [-0.3, -0.25) is 4.79 Å². The summed E-state index contributed by atoms with van der Waals surface area (Å²) in [7, 11) is 0. The average Bonchev–Trinajstić information content (AvgIpc) is 3.00. The molecule has 0 heterocycles. The molecule has 1 saturated carbocycles. The Labute approximate surface area is 125 Å². The molecule has 0 aromatic heterocycles. The summed E-state index contributed by atoms with van der Waals surface area (Å²) < 4.78 is 13.8. The zero-order chi connectivity index (χ0) is 15.2. The molecule has 21 heavy (non-hydrogen) atoms. The number of hydrogen-bond acceptors (Lipinski definition) is 2. The first-order valence-electron chi connectivity index (χ1n) is 7.41. The minimum Gasteiger partial charge on any atom is -0.349 e. The molecular weight excluding hydrogens is 267 g/mol. The Hall–Kier alpha value is -1.86. The number of carbonyl (C=O) groups is 1. The molecule has 0 aliphatic heterocycles. The molecule has 1 unspecified atom stereocenters. The van der Waals surface area contributed by atoms with E-state index in [-0.39, 0.29) is 24.1 Å². The van der Waals surface area contributed by atoms with Gasteiger partial charge in [-0.15, -0.1) is 0 Å². The Morgan fingerprint density at radius 3 is 2.81 bits per heavy atom. The number of amides is 1. The Balaban J connectivity index is 2.03. The highest BCUT2D eigenvalue weighted by molar-refractivity contribution is 5.94. The van der Waals surface area contributed by atoms with Crippen LogP contribution in [-0.2, 0) is 0 Å². The van der Waals surface area contributed by atoms with Crippen molar-refractivity contribution in [1.82, 2.24) is 5.32 Å². The summed E-state index contributed by atoms with van der Waals surface area (Å²) in [6.07, 6.45) is 4.77. The van der Waals surface area contributed by atoms with Crippen LogP contribution in [0, 0.1) is 23.6 Å². The molecule has 0 radical (unpaired) electrons. The fourth-order valence-corrected chi connectivity index (χ4v) is 2.77. The number of hydrogen-bond donors (Lipinski definition) is 2. The van der Waals surface area contributed by atoms with Crippen LogP contribution in [0.2, 0.25) is 0 Å². The van der Waals surface area contributed by atoms with Gasteiger partial charge in [0.1, 0.15) is 5.82 Å². The Morgan fingerprint density at radius 1 is 1.48 bits per heavy atom. The first kappa shape index (κ1) is 15.5. The van der Waals surface area contributed by atoms with Gasteiger partial charge in [0.15, 0.2) is 0 Å². The molecule has 1 aliphatic rings. The van der Waals surface area contributed by atoms with Gasteiger partial charge in [0.25, 0.3) is 5.91 Å². The third kappa shape index (κ3) is 4.05. The van der Waals surface area contributed by atoms with Crippen molar-refractivity contribution < 1.29 is 9.18 Å².